The van der Waals surface area contributed by atoms with Crippen molar-refractivity contribution < 1.29 is 22.3 Å². The molecule has 0 radical (unpaired) electrons. The highest BCUT2D eigenvalue weighted by Gasteiger charge is 2.36. The average Bonchev–Trinajstić information content (AvgIpc) is 3.11. The van der Waals surface area contributed by atoms with E-state index in [1.807, 2.05) is 0 Å². The second-order valence-corrected chi connectivity index (χ2v) is 7.34. The van der Waals surface area contributed by atoms with E-state index in [0.717, 1.165) is 11.8 Å². The molecule has 5 nitrogen and oxygen atoms in total. The fraction of sp³-hybridized carbons (Fsp3) is 0.400. The fourth-order valence-electron chi connectivity index (χ4n) is 2.73. The third kappa shape index (κ3) is 3.05. The lowest BCUT2D eigenvalue weighted by Gasteiger charge is -2.29. The summed E-state index contributed by atoms with van der Waals surface area (Å²) in [6, 6.07) is 4.85. The summed E-state index contributed by atoms with van der Waals surface area (Å²) >= 11 is 0. The molecule has 1 fully saturated rings. The van der Waals surface area contributed by atoms with Crippen molar-refractivity contribution in [2.24, 2.45) is 0 Å². The molecule has 1 aromatic rings. The van der Waals surface area contributed by atoms with Crippen LogP contribution in [0, 0.1) is 5.82 Å². The van der Waals surface area contributed by atoms with Gasteiger partial charge >= 0.3 is 0 Å². The first-order valence-electron chi connectivity index (χ1n) is 7.07. The Morgan fingerprint density at radius 1 is 1.27 bits per heavy atom. The van der Waals surface area contributed by atoms with E-state index in [2.05, 4.69) is 0 Å². The maximum Gasteiger partial charge on any atom is 0.256 e. The van der Waals surface area contributed by atoms with Crippen LogP contribution in [0.25, 0.3) is 0 Å². The van der Waals surface area contributed by atoms with Gasteiger partial charge in [0.1, 0.15) is 11.9 Å². The number of carbonyl (C=O) groups is 1. The smallest absolute Gasteiger partial charge is 0.256 e. The highest BCUT2D eigenvalue weighted by atomic mass is 32.2. The van der Waals surface area contributed by atoms with Gasteiger partial charge in [0.25, 0.3) is 5.91 Å². The van der Waals surface area contributed by atoms with Gasteiger partial charge in [0.05, 0.1) is 11.8 Å². The minimum atomic E-state index is -3.30. The molecular formula is C15H16FNO4S. The normalized spacial score (nSPS) is 26.2. The van der Waals surface area contributed by atoms with Crippen molar-refractivity contribution in [2.45, 2.75) is 25.0 Å². The minimum Gasteiger partial charge on any atom is -0.368 e. The van der Waals surface area contributed by atoms with E-state index in [1.165, 1.54) is 35.2 Å². The summed E-state index contributed by atoms with van der Waals surface area (Å²) in [7, 11) is -3.30. The first-order valence-corrected chi connectivity index (χ1v) is 8.79. The molecule has 0 unspecified atom stereocenters. The van der Waals surface area contributed by atoms with Crippen molar-refractivity contribution >= 4 is 21.4 Å². The van der Waals surface area contributed by atoms with Crippen molar-refractivity contribution in [3.63, 3.8) is 0 Å². The number of hydrogen-bond donors (Lipinski definition) is 0. The average molecular weight is 325 g/mol. The quantitative estimate of drug-likeness (QED) is 0.848. The van der Waals surface area contributed by atoms with Crippen LogP contribution in [-0.2, 0) is 19.4 Å². The number of nitrogens with zero attached hydrogens (tertiary/aromatic N) is 1. The van der Waals surface area contributed by atoms with Crippen LogP contribution in [0.1, 0.15) is 12.8 Å². The van der Waals surface area contributed by atoms with E-state index in [1.54, 1.807) is 0 Å². The van der Waals surface area contributed by atoms with Gasteiger partial charge in [-0.05, 0) is 43.2 Å². The van der Waals surface area contributed by atoms with Crippen LogP contribution >= 0.6 is 0 Å². The molecule has 0 N–H and O–H groups in total. The van der Waals surface area contributed by atoms with Gasteiger partial charge in [-0.15, -0.1) is 0 Å². The minimum absolute atomic E-state index is 0.164. The molecule has 1 aromatic carbocycles. The highest BCUT2D eigenvalue weighted by Crippen LogP contribution is 2.26. The van der Waals surface area contributed by atoms with E-state index in [-0.39, 0.29) is 11.7 Å². The molecule has 1 saturated heterocycles. The molecule has 0 aliphatic carbocycles. The molecule has 22 heavy (non-hydrogen) atoms. The standard InChI is InChI=1S/C15H16FNO4S/c16-11-3-5-12(6-4-11)17(13-7-9-22(19,20)10-13)15(18)14-2-1-8-21-14/h3-7,9,13-14H,1-2,8,10H2/t13-,14+/m0/s1. The van der Waals surface area contributed by atoms with Gasteiger partial charge in [-0.2, -0.15) is 0 Å². The van der Waals surface area contributed by atoms with Crippen molar-refractivity contribution in [1.82, 2.24) is 0 Å². The summed E-state index contributed by atoms with van der Waals surface area (Å²) in [5, 5.41) is 1.12. The predicted molar refractivity (Wildman–Crippen MR) is 79.6 cm³/mol. The Hall–Kier alpha value is -1.73. The van der Waals surface area contributed by atoms with Crippen LogP contribution in [0.5, 0.6) is 0 Å². The fourth-order valence-corrected chi connectivity index (χ4v) is 4.00. The van der Waals surface area contributed by atoms with E-state index in [9.17, 15) is 17.6 Å². The molecule has 0 saturated carbocycles. The molecule has 0 spiro atoms. The van der Waals surface area contributed by atoms with Gasteiger partial charge in [0, 0.05) is 17.7 Å². The summed E-state index contributed by atoms with van der Waals surface area (Å²) in [4.78, 5) is 14.1. The number of benzene rings is 1. The Balaban J connectivity index is 1.93. The third-order valence-corrected chi connectivity index (χ3v) is 5.17. The maximum atomic E-state index is 13.1. The monoisotopic (exact) mass is 325 g/mol. The maximum absolute atomic E-state index is 13.1. The van der Waals surface area contributed by atoms with Gasteiger partial charge in [0.2, 0.25) is 0 Å². The number of carbonyl (C=O) groups excluding carboxylic acids is 1. The topological polar surface area (TPSA) is 63.7 Å². The SMILES string of the molecule is O=C([C@H]1CCCO1)N(c1ccc(F)cc1)[C@H]1C=CS(=O)(=O)C1. The Bertz CT molecular complexity index is 693. The van der Waals surface area contributed by atoms with Gasteiger partial charge in [-0.3, -0.25) is 4.79 Å². The lowest BCUT2D eigenvalue weighted by molar-refractivity contribution is -0.127. The van der Waals surface area contributed by atoms with E-state index in [0.29, 0.717) is 18.7 Å². The molecule has 2 aliphatic rings. The predicted octanol–water partition coefficient (Wildman–Crippen LogP) is 1.65. The number of sulfone groups is 1. The van der Waals surface area contributed by atoms with Crippen molar-refractivity contribution in [1.29, 1.82) is 0 Å². The molecule has 2 heterocycles. The highest BCUT2D eigenvalue weighted by molar-refractivity contribution is 7.94. The Labute approximate surface area is 128 Å². The Morgan fingerprint density at radius 2 is 2.00 bits per heavy atom. The van der Waals surface area contributed by atoms with Gasteiger partial charge in [-0.25, -0.2) is 12.8 Å². The van der Waals surface area contributed by atoms with Gasteiger partial charge < -0.3 is 9.64 Å². The van der Waals surface area contributed by atoms with Crippen molar-refractivity contribution in [2.75, 3.05) is 17.3 Å². The lowest BCUT2D eigenvalue weighted by atomic mass is 10.1. The number of hydrogen-bond acceptors (Lipinski definition) is 4. The Kier molecular flexibility index (Phi) is 4.01. The van der Waals surface area contributed by atoms with Gasteiger partial charge in [0.15, 0.2) is 9.84 Å². The summed E-state index contributed by atoms with van der Waals surface area (Å²) in [5.74, 6) is -0.859. The summed E-state index contributed by atoms with van der Waals surface area (Å²) in [5.41, 5.74) is 0.466. The van der Waals surface area contributed by atoms with Crippen molar-refractivity contribution in [3.05, 3.63) is 41.6 Å². The molecule has 0 bridgehead atoms. The zero-order chi connectivity index (χ0) is 15.7. The second kappa shape index (κ2) is 5.81. The number of rotatable bonds is 3. The van der Waals surface area contributed by atoms with Crippen molar-refractivity contribution in [3.8, 4) is 0 Å². The molecule has 3 rings (SSSR count). The van der Waals surface area contributed by atoms with E-state index < -0.39 is 27.8 Å². The molecule has 2 atom stereocenters. The largest absolute Gasteiger partial charge is 0.368 e. The van der Waals surface area contributed by atoms with E-state index >= 15 is 0 Å². The molecule has 118 valence electrons. The number of halogens is 1. The first kappa shape index (κ1) is 15.2. The molecule has 0 aromatic heterocycles. The van der Waals surface area contributed by atoms with Crippen LogP contribution in [0.3, 0.4) is 0 Å². The summed E-state index contributed by atoms with van der Waals surface area (Å²) in [6.07, 6.45) is 2.33. The summed E-state index contributed by atoms with van der Waals surface area (Å²) < 4.78 is 41.8. The molecule has 7 heteroatoms. The Morgan fingerprint density at radius 3 is 2.55 bits per heavy atom. The van der Waals surface area contributed by atoms with Crippen LogP contribution in [0.4, 0.5) is 10.1 Å². The zero-order valence-corrected chi connectivity index (χ0v) is 12.6. The van der Waals surface area contributed by atoms with E-state index in [4.69, 9.17) is 4.74 Å². The van der Waals surface area contributed by atoms with Crippen LogP contribution in [-0.4, -0.2) is 38.8 Å². The van der Waals surface area contributed by atoms with Crippen LogP contribution in [0.2, 0.25) is 0 Å². The summed E-state index contributed by atoms with van der Waals surface area (Å²) in [6.45, 7) is 0.520. The van der Waals surface area contributed by atoms with Crippen LogP contribution < -0.4 is 4.90 Å². The number of anilines is 1. The number of ether oxygens (including phenoxy) is 1. The number of amides is 1. The van der Waals surface area contributed by atoms with Gasteiger partial charge in [-0.1, -0.05) is 0 Å². The third-order valence-electron chi connectivity index (χ3n) is 3.79. The lowest BCUT2D eigenvalue weighted by Crippen LogP contribution is -2.46. The zero-order valence-electron chi connectivity index (χ0n) is 11.8. The second-order valence-electron chi connectivity index (χ2n) is 5.41. The molecule has 1 amide bonds. The first-order chi connectivity index (χ1) is 10.5. The molecular weight excluding hydrogens is 309 g/mol. The molecule has 2 aliphatic heterocycles. The van der Waals surface area contributed by atoms with Crippen LogP contribution in [0.15, 0.2) is 35.7 Å².